The largest absolute Gasteiger partial charge is 0.493 e. The second-order valence-corrected chi connectivity index (χ2v) is 7.38. The number of aromatic nitrogens is 2. The van der Waals surface area contributed by atoms with Crippen molar-refractivity contribution in [3.63, 3.8) is 0 Å². The molecule has 7 heteroatoms. The van der Waals surface area contributed by atoms with Gasteiger partial charge in [0.1, 0.15) is 0 Å². The minimum absolute atomic E-state index is 0.0000613. The summed E-state index contributed by atoms with van der Waals surface area (Å²) in [4.78, 5) is 16.4. The van der Waals surface area contributed by atoms with Crippen molar-refractivity contribution >= 4 is 5.97 Å². The predicted molar refractivity (Wildman–Crippen MR) is 96.2 cm³/mol. The van der Waals surface area contributed by atoms with Crippen LogP contribution in [0.2, 0.25) is 0 Å². The topological polar surface area (TPSA) is 83.7 Å². The molecule has 144 valence electrons. The van der Waals surface area contributed by atoms with Crippen LogP contribution >= 0.6 is 0 Å². The van der Waals surface area contributed by atoms with Gasteiger partial charge in [0.15, 0.2) is 18.1 Å². The van der Waals surface area contributed by atoms with Crippen LogP contribution in [0.15, 0.2) is 22.7 Å². The lowest BCUT2D eigenvalue weighted by atomic mass is 9.86. The number of nitrogens with zero attached hydrogens (tertiary/aromatic N) is 2. The summed E-state index contributed by atoms with van der Waals surface area (Å²) in [6.45, 7) is -0.0000613. The second kappa shape index (κ2) is 7.58. The number of benzene rings is 1. The van der Waals surface area contributed by atoms with Gasteiger partial charge in [0, 0.05) is 12.0 Å². The lowest BCUT2D eigenvalue weighted by Gasteiger charge is -2.20. The van der Waals surface area contributed by atoms with E-state index in [0.717, 1.165) is 11.5 Å². The molecule has 0 saturated heterocycles. The van der Waals surface area contributed by atoms with Crippen LogP contribution in [0.25, 0.3) is 11.4 Å². The molecule has 4 rings (SSSR count). The van der Waals surface area contributed by atoms with Gasteiger partial charge in [-0.2, -0.15) is 4.98 Å². The highest BCUT2D eigenvalue weighted by molar-refractivity contribution is 5.69. The molecule has 27 heavy (non-hydrogen) atoms. The summed E-state index contributed by atoms with van der Waals surface area (Å²) in [5.41, 5.74) is 0.732. The van der Waals surface area contributed by atoms with Gasteiger partial charge in [-0.15, -0.1) is 0 Å². The molecule has 0 spiro atoms. The molecule has 0 aliphatic heterocycles. The Morgan fingerprint density at radius 3 is 2.74 bits per heavy atom. The molecule has 2 fully saturated rings. The summed E-state index contributed by atoms with van der Waals surface area (Å²) in [5.74, 6) is 3.74. The van der Waals surface area contributed by atoms with E-state index in [4.69, 9.17) is 18.7 Å². The standard InChI is InChI=1S/C20H24N2O5/c1-24-16-6-5-14(9-17(16)25-2)20-21-18(27-22-20)11-26-19(23)10-15-8-12-3-4-13(15)7-12/h5-6,9,12-13,15H,3-4,7-8,10-11H2,1-2H3/t12-,13-,15+/m0/s1. The fourth-order valence-electron chi connectivity index (χ4n) is 4.45. The molecule has 2 bridgehead atoms. The van der Waals surface area contributed by atoms with Crippen LogP contribution in [0.3, 0.4) is 0 Å². The van der Waals surface area contributed by atoms with Crippen LogP contribution in [0.1, 0.15) is 38.0 Å². The van der Waals surface area contributed by atoms with E-state index >= 15 is 0 Å². The van der Waals surface area contributed by atoms with Gasteiger partial charge in [-0.05, 0) is 55.2 Å². The first-order chi connectivity index (χ1) is 13.2. The zero-order chi connectivity index (χ0) is 18.8. The normalized spacial score (nSPS) is 23.4. The maximum Gasteiger partial charge on any atom is 0.306 e. The zero-order valence-electron chi connectivity index (χ0n) is 15.6. The van der Waals surface area contributed by atoms with Gasteiger partial charge >= 0.3 is 5.97 Å². The third-order valence-electron chi connectivity index (χ3n) is 5.78. The van der Waals surface area contributed by atoms with E-state index in [0.29, 0.717) is 35.6 Å². The Labute approximate surface area is 158 Å². The first kappa shape index (κ1) is 17.8. The van der Waals surface area contributed by atoms with Crippen molar-refractivity contribution in [1.82, 2.24) is 10.1 Å². The number of hydrogen-bond acceptors (Lipinski definition) is 7. The Bertz CT molecular complexity index is 818. The second-order valence-electron chi connectivity index (χ2n) is 7.38. The number of methoxy groups -OCH3 is 2. The van der Waals surface area contributed by atoms with E-state index in [1.807, 2.05) is 6.07 Å². The van der Waals surface area contributed by atoms with Gasteiger partial charge in [-0.1, -0.05) is 11.6 Å². The molecule has 0 N–H and O–H groups in total. The quantitative estimate of drug-likeness (QED) is 0.686. The Kier molecular flexibility index (Phi) is 5.01. The van der Waals surface area contributed by atoms with Crippen molar-refractivity contribution in [3.8, 4) is 22.9 Å². The number of carbonyl (C=O) groups is 1. The molecule has 0 unspecified atom stereocenters. The average molecular weight is 372 g/mol. The van der Waals surface area contributed by atoms with Crippen molar-refractivity contribution in [1.29, 1.82) is 0 Å². The Morgan fingerprint density at radius 2 is 2.04 bits per heavy atom. The van der Waals surface area contributed by atoms with Crippen molar-refractivity contribution in [2.75, 3.05) is 14.2 Å². The molecule has 0 amide bonds. The van der Waals surface area contributed by atoms with Crippen LogP contribution in [-0.4, -0.2) is 30.3 Å². The van der Waals surface area contributed by atoms with Gasteiger partial charge < -0.3 is 18.7 Å². The summed E-state index contributed by atoms with van der Waals surface area (Å²) in [7, 11) is 3.15. The first-order valence-electron chi connectivity index (χ1n) is 9.37. The first-order valence-corrected chi connectivity index (χ1v) is 9.37. The molecule has 2 saturated carbocycles. The predicted octanol–water partition coefficient (Wildman–Crippen LogP) is 3.62. The van der Waals surface area contributed by atoms with E-state index in [1.54, 1.807) is 26.4 Å². The molecule has 1 aromatic heterocycles. The number of fused-ring (bicyclic) bond motifs is 2. The molecule has 1 aromatic carbocycles. The molecule has 3 atom stereocenters. The SMILES string of the molecule is COc1ccc(-c2noc(COC(=O)C[C@H]3C[C@H]4CC[C@H]3C4)n2)cc1OC. The highest BCUT2D eigenvalue weighted by atomic mass is 16.6. The fourth-order valence-corrected chi connectivity index (χ4v) is 4.45. The molecular formula is C20H24N2O5. The molecule has 1 heterocycles. The third-order valence-corrected chi connectivity index (χ3v) is 5.78. The lowest BCUT2D eigenvalue weighted by Crippen LogP contribution is -2.17. The van der Waals surface area contributed by atoms with Crippen LogP contribution in [0, 0.1) is 17.8 Å². The van der Waals surface area contributed by atoms with Gasteiger partial charge in [0.25, 0.3) is 5.89 Å². The van der Waals surface area contributed by atoms with Crippen LogP contribution in [-0.2, 0) is 16.1 Å². The monoisotopic (exact) mass is 372 g/mol. The number of carbonyl (C=O) groups excluding carboxylic acids is 1. The van der Waals surface area contributed by atoms with Gasteiger partial charge in [0.05, 0.1) is 14.2 Å². The van der Waals surface area contributed by atoms with Crippen molar-refractivity contribution in [2.24, 2.45) is 17.8 Å². The average Bonchev–Trinajstić information content (AvgIpc) is 3.42. The number of esters is 1. The van der Waals surface area contributed by atoms with E-state index in [9.17, 15) is 4.79 Å². The van der Waals surface area contributed by atoms with E-state index < -0.39 is 0 Å². The van der Waals surface area contributed by atoms with Crippen LogP contribution in [0.4, 0.5) is 0 Å². The van der Waals surface area contributed by atoms with Crippen molar-refractivity contribution in [3.05, 3.63) is 24.1 Å². The number of hydrogen-bond donors (Lipinski definition) is 0. The van der Waals surface area contributed by atoms with E-state index in [1.165, 1.54) is 25.7 Å². The summed E-state index contributed by atoms with van der Waals surface area (Å²) < 4.78 is 21.1. The van der Waals surface area contributed by atoms with Crippen LogP contribution in [0.5, 0.6) is 11.5 Å². The smallest absolute Gasteiger partial charge is 0.306 e. The highest BCUT2D eigenvalue weighted by Gasteiger charge is 2.40. The summed E-state index contributed by atoms with van der Waals surface area (Å²) in [5, 5.41) is 3.96. The van der Waals surface area contributed by atoms with E-state index in [2.05, 4.69) is 10.1 Å². The molecule has 0 radical (unpaired) electrons. The summed E-state index contributed by atoms with van der Waals surface area (Å²) >= 11 is 0. The Hall–Kier alpha value is -2.57. The zero-order valence-corrected chi connectivity index (χ0v) is 15.6. The Morgan fingerprint density at radius 1 is 1.19 bits per heavy atom. The van der Waals surface area contributed by atoms with Crippen LogP contribution < -0.4 is 9.47 Å². The fraction of sp³-hybridized carbons (Fsp3) is 0.550. The van der Waals surface area contributed by atoms with Gasteiger partial charge in [0.2, 0.25) is 5.82 Å². The Balaban J connectivity index is 1.33. The number of rotatable bonds is 7. The number of ether oxygens (including phenoxy) is 3. The maximum atomic E-state index is 12.1. The maximum absolute atomic E-state index is 12.1. The van der Waals surface area contributed by atoms with Crippen molar-refractivity contribution < 1.29 is 23.5 Å². The minimum Gasteiger partial charge on any atom is -0.493 e. The van der Waals surface area contributed by atoms with E-state index in [-0.39, 0.29) is 18.5 Å². The minimum atomic E-state index is -0.182. The van der Waals surface area contributed by atoms with Crippen molar-refractivity contribution in [2.45, 2.75) is 38.7 Å². The third kappa shape index (κ3) is 3.77. The molecule has 2 aliphatic rings. The molecule has 2 aromatic rings. The van der Waals surface area contributed by atoms with Gasteiger partial charge in [-0.25, -0.2) is 0 Å². The summed E-state index contributed by atoms with van der Waals surface area (Å²) in [6.07, 6.45) is 5.55. The highest BCUT2D eigenvalue weighted by Crippen LogP contribution is 2.49. The van der Waals surface area contributed by atoms with Gasteiger partial charge in [-0.3, -0.25) is 4.79 Å². The lowest BCUT2D eigenvalue weighted by molar-refractivity contribution is -0.147. The summed E-state index contributed by atoms with van der Waals surface area (Å²) in [6, 6.07) is 5.37. The molecule has 2 aliphatic carbocycles. The molecule has 7 nitrogen and oxygen atoms in total. The molecular weight excluding hydrogens is 348 g/mol.